The van der Waals surface area contributed by atoms with Crippen LogP contribution in [0.1, 0.15) is 6.92 Å². The molecule has 0 bridgehead atoms. The molecule has 0 radical (unpaired) electrons. The van der Waals surface area contributed by atoms with Gasteiger partial charge < -0.3 is 0 Å². The fourth-order valence-electron chi connectivity index (χ4n) is 0.964. The second kappa shape index (κ2) is 3.14. The van der Waals surface area contributed by atoms with Crippen molar-refractivity contribution in [3.05, 3.63) is 0 Å². The average Bonchev–Trinajstić information content (AvgIpc) is 1.80. The molecule has 1 atom stereocenters. The summed E-state index contributed by atoms with van der Waals surface area (Å²) in [5, 5.41) is 1.87. The van der Waals surface area contributed by atoms with E-state index >= 15 is 0 Å². The van der Waals surface area contributed by atoms with Crippen LogP contribution in [-0.2, 0) is 0 Å². The van der Waals surface area contributed by atoms with Gasteiger partial charge in [0.1, 0.15) is 0 Å². The molecule has 1 unspecified atom stereocenters. The van der Waals surface area contributed by atoms with E-state index in [9.17, 15) is 0 Å². The monoisotopic (exact) mass is 241 g/mol. The summed E-state index contributed by atoms with van der Waals surface area (Å²) in [6.45, 7) is 5.25. The van der Waals surface area contributed by atoms with Crippen LogP contribution in [0, 0.1) is 0 Å². The number of hydrogen-bond acceptors (Lipinski definition) is 3. The van der Waals surface area contributed by atoms with E-state index in [2.05, 4.69) is 32.9 Å². The SMILES string of the molecule is CC1CN(N)CCN1I. The van der Waals surface area contributed by atoms with Crippen LogP contribution in [-0.4, -0.2) is 33.8 Å². The predicted octanol–water partition coefficient (Wildman–Crippen LogP) is 0.216. The van der Waals surface area contributed by atoms with Crippen LogP contribution in [0.5, 0.6) is 0 Å². The summed E-state index contributed by atoms with van der Waals surface area (Å²) < 4.78 is 2.29. The second-order valence-corrected chi connectivity index (χ2v) is 3.71. The number of nitrogens with two attached hydrogens (primary N) is 1. The van der Waals surface area contributed by atoms with Gasteiger partial charge in [0.05, 0.1) is 0 Å². The quantitative estimate of drug-likeness (QED) is 0.374. The van der Waals surface area contributed by atoms with Gasteiger partial charge in [-0.3, -0.25) is 5.84 Å². The molecule has 0 aromatic rings. The molecule has 0 amide bonds. The summed E-state index contributed by atoms with van der Waals surface area (Å²) in [5.41, 5.74) is 0. The Morgan fingerprint density at radius 1 is 1.56 bits per heavy atom. The van der Waals surface area contributed by atoms with Gasteiger partial charge in [-0.15, -0.1) is 0 Å². The minimum Gasteiger partial charge on any atom is -0.269 e. The zero-order chi connectivity index (χ0) is 6.85. The van der Waals surface area contributed by atoms with Crippen LogP contribution in [0.3, 0.4) is 0 Å². The third-order valence-electron chi connectivity index (χ3n) is 1.58. The molecular formula is C5H12IN3. The molecule has 4 heteroatoms. The van der Waals surface area contributed by atoms with Crippen LogP contribution in [0.15, 0.2) is 0 Å². The predicted molar refractivity (Wildman–Crippen MR) is 45.9 cm³/mol. The van der Waals surface area contributed by atoms with E-state index in [1.54, 1.807) is 0 Å². The van der Waals surface area contributed by atoms with Gasteiger partial charge in [0.2, 0.25) is 0 Å². The summed E-state index contributed by atoms with van der Waals surface area (Å²) in [4.78, 5) is 0. The Morgan fingerprint density at radius 3 is 2.67 bits per heavy atom. The largest absolute Gasteiger partial charge is 0.269 e. The fourth-order valence-corrected chi connectivity index (χ4v) is 1.36. The molecule has 0 aromatic carbocycles. The van der Waals surface area contributed by atoms with Gasteiger partial charge in [-0.05, 0) is 6.92 Å². The standard InChI is InChI=1S/C5H12IN3/c1-5-4-8(7)2-3-9(5)6/h5H,2-4,7H2,1H3. The summed E-state index contributed by atoms with van der Waals surface area (Å²) in [6, 6.07) is 0.601. The molecule has 0 spiro atoms. The highest BCUT2D eigenvalue weighted by molar-refractivity contribution is 14.1. The third-order valence-corrected chi connectivity index (χ3v) is 3.01. The van der Waals surface area contributed by atoms with Gasteiger partial charge in [0, 0.05) is 48.5 Å². The molecule has 0 aromatic heterocycles. The van der Waals surface area contributed by atoms with Crippen molar-refractivity contribution in [3.63, 3.8) is 0 Å². The Morgan fingerprint density at radius 2 is 2.22 bits per heavy atom. The van der Waals surface area contributed by atoms with Crippen LogP contribution in [0.4, 0.5) is 0 Å². The molecule has 1 rings (SSSR count). The van der Waals surface area contributed by atoms with E-state index in [4.69, 9.17) is 5.84 Å². The van der Waals surface area contributed by atoms with E-state index in [-0.39, 0.29) is 0 Å². The van der Waals surface area contributed by atoms with Crippen molar-refractivity contribution in [3.8, 4) is 0 Å². The minimum atomic E-state index is 0.601. The minimum absolute atomic E-state index is 0.601. The second-order valence-electron chi connectivity index (χ2n) is 2.47. The lowest BCUT2D eigenvalue weighted by molar-refractivity contribution is 0.166. The van der Waals surface area contributed by atoms with Crippen LogP contribution in [0.25, 0.3) is 0 Å². The number of hydrogen-bond donors (Lipinski definition) is 1. The van der Waals surface area contributed by atoms with Crippen molar-refractivity contribution < 1.29 is 0 Å². The van der Waals surface area contributed by atoms with Crippen molar-refractivity contribution in [2.24, 2.45) is 5.84 Å². The van der Waals surface area contributed by atoms with Gasteiger partial charge in [-0.2, -0.15) is 0 Å². The summed E-state index contributed by atoms with van der Waals surface area (Å²) in [5.74, 6) is 5.59. The van der Waals surface area contributed by atoms with Crippen LogP contribution >= 0.6 is 22.9 Å². The molecule has 0 aliphatic carbocycles. The van der Waals surface area contributed by atoms with E-state index in [0.29, 0.717) is 6.04 Å². The van der Waals surface area contributed by atoms with Crippen molar-refractivity contribution in [1.29, 1.82) is 0 Å². The number of rotatable bonds is 0. The third kappa shape index (κ3) is 2.03. The van der Waals surface area contributed by atoms with Gasteiger partial charge in [0.25, 0.3) is 0 Å². The molecule has 3 nitrogen and oxygen atoms in total. The Balaban J connectivity index is 2.35. The first kappa shape index (κ1) is 7.71. The maximum atomic E-state index is 5.59. The number of nitrogens with zero attached hydrogens (tertiary/aromatic N) is 2. The Hall–Kier alpha value is 0.610. The lowest BCUT2D eigenvalue weighted by atomic mass is 10.3. The highest BCUT2D eigenvalue weighted by atomic mass is 127. The smallest absolute Gasteiger partial charge is 0.0307 e. The van der Waals surface area contributed by atoms with Gasteiger partial charge in [-0.25, -0.2) is 8.12 Å². The lowest BCUT2D eigenvalue weighted by Gasteiger charge is -2.33. The Kier molecular flexibility index (Phi) is 2.69. The summed E-state index contributed by atoms with van der Waals surface area (Å²) in [6.07, 6.45) is 0. The first-order valence-electron chi connectivity index (χ1n) is 3.12. The normalized spacial score (nSPS) is 33.0. The molecule has 2 N–H and O–H groups in total. The molecule has 1 aliphatic heterocycles. The first-order chi connectivity index (χ1) is 4.20. The van der Waals surface area contributed by atoms with Gasteiger partial charge >= 0.3 is 0 Å². The maximum absolute atomic E-state index is 5.59. The van der Waals surface area contributed by atoms with Gasteiger partial charge in [0.15, 0.2) is 0 Å². The number of halogens is 1. The number of hydrazine groups is 1. The van der Waals surface area contributed by atoms with Gasteiger partial charge in [-0.1, -0.05) is 0 Å². The van der Waals surface area contributed by atoms with Crippen LogP contribution in [0.2, 0.25) is 0 Å². The van der Waals surface area contributed by atoms with Crippen molar-refractivity contribution in [2.45, 2.75) is 13.0 Å². The highest BCUT2D eigenvalue weighted by Gasteiger charge is 2.18. The molecule has 9 heavy (non-hydrogen) atoms. The summed E-state index contributed by atoms with van der Waals surface area (Å²) >= 11 is 2.34. The van der Waals surface area contributed by atoms with Crippen molar-refractivity contribution in [2.75, 3.05) is 19.6 Å². The van der Waals surface area contributed by atoms with E-state index < -0.39 is 0 Å². The molecular weight excluding hydrogens is 229 g/mol. The Labute approximate surface area is 69.6 Å². The van der Waals surface area contributed by atoms with Crippen molar-refractivity contribution >= 4 is 22.9 Å². The van der Waals surface area contributed by atoms with E-state index in [1.807, 2.05) is 5.01 Å². The maximum Gasteiger partial charge on any atom is 0.0307 e. The molecule has 1 heterocycles. The lowest BCUT2D eigenvalue weighted by Crippen LogP contribution is -2.50. The highest BCUT2D eigenvalue weighted by Crippen LogP contribution is 2.10. The topological polar surface area (TPSA) is 32.5 Å². The first-order valence-corrected chi connectivity index (χ1v) is 4.08. The molecule has 1 aliphatic rings. The molecule has 1 saturated heterocycles. The molecule has 0 saturated carbocycles. The van der Waals surface area contributed by atoms with Crippen LogP contribution < -0.4 is 5.84 Å². The zero-order valence-electron chi connectivity index (χ0n) is 5.55. The summed E-state index contributed by atoms with van der Waals surface area (Å²) in [7, 11) is 0. The Bertz CT molecular complexity index is 98.2. The molecule has 54 valence electrons. The number of piperazine rings is 1. The average molecular weight is 241 g/mol. The van der Waals surface area contributed by atoms with Crippen molar-refractivity contribution in [1.82, 2.24) is 8.12 Å². The zero-order valence-corrected chi connectivity index (χ0v) is 7.71. The fraction of sp³-hybridized carbons (Fsp3) is 1.00. The van der Waals surface area contributed by atoms with E-state index in [0.717, 1.165) is 19.6 Å². The van der Waals surface area contributed by atoms with E-state index in [1.165, 1.54) is 0 Å². The molecule has 1 fully saturated rings.